The standard InChI is InChI=1S/C22H28N2.2ClH/c1-2-15-24(16-7-10-18-8-4-3-5-9-18)20-13-14-21-19(17-20)11-6-12-22(21)23;;/h3-12,20H,2,13-17,23H2,1H3;2*1H/b10-7+;;. The molecule has 4 heteroatoms. The van der Waals surface area contributed by atoms with Gasteiger partial charge in [-0.05, 0) is 55.0 Å². The summed E-state index contributed by atoms with van der Waals surface area (Å²) in [5.74, 6) is 0. The minimum absolute atomic E-state index is 0. The Bertz CT molecular complexity index is 686. The van der Waals surface area contributed by atoms with Crippen molar-refractivity contribution in [3.63, 3.8) is 0 Å². The van der Waals surface area contributed by atoms with E-state index in [1.807, 2.05) is 6.07 Å². The zero-order valence-corrected chi connectivity index (χ0v) is 17.1. The summed E-state index contributed by atoms with van der Waals surface area (Å²) in [6, 6.07) is 17.5. The maximum Gasteiger partial charge on any atom is 0.0349 e. The molecule has 26 heavy (non-hydrogen) atoms. The Morgan fingerprint density at radius 3 is 2.58 bits per heavy atom. The quantitative estimate of drug-likeness (QED) is 0.667. The number of halogens is 2. The van der Waals surface area contributed by atoms with E-state index in [2.05, 4.69) is 66.4 Å². The molecule has 0 bridgehead atoms. The SMILES string of the molecule is CCCN(C/C=C/c1ccccc1)C1CCc2c(N)cccc2C1.Cl.Cl. The topological polar surface area (TPSA) is 29.3 Å². The molecule has 0 aromatic heterocycles. The highest BCUT2D eigenvalue weighted by Crippen LogP contribution is 2.28. The Morgan fingerprint density at radius 1 is 1.08 bits per heavy atom. The Labute approximate surface area is 170 Å². The van der Waals surface area contributed by atoms with Gasteiger partial charge in [0.1, 0.15) is 0 Å². The average molecular weight is 393 g/mol. The van der Waals surface area contributed by atoms with Crippen LogP contribution < -0.4 is 5.73 Å². The monoisotopic (exact) mass is 392 g/mol. The second kappa shape index (κ2) is 11.3. The van der Waals surface area contributed by atoms with Crippen LogP contribution in [0, 0.1) is 0 Å². The van der Waals surface area contributed by atoms with Gasteiger partial charge in [0.25, 0.3) is 0 Å². The number of nitrogen functional groups attached to an aromatic ring is 1. The van der Waals surface area contributed by atoms with Crippen LogP contribution in [0.15, 0.2) is 54.6 Å². The fraction of sp³-hybridized carbons (Fsp3) is 0.364. The lowest BCUT2D eigenvalue weighted by molar-refractivity contribution is 0.199. The van der Waals surface area contributed by atoms with E-state index in [1.54, 1.807) is 0 Å². The van der Waals surface area contributed by atoms with E-state index >= 15 is 0 Å². The maximum absolute atomic E-state index is 6.14. The number of nitrogens with zero attached hydrogens (tertiary/aromatic N) is 1. The summed E-state index contributed by atoms with van der Waals surface area (Å²) in [5, 5.41) is 0. The lowest BCUT2D eigenvalue weighted by atomic mass is 9.86. The highest BCUT2D eigenvalue weighted by atomic mass is 35.5. The number of hydrogen-bond acceptors (Lipinski definition) is 2. The van der Waals surface area contributed by atoms with Gasteiger partial charge in [-0.3, -0.25) is 4.90 Å². The second-order valence-corrected chi connectivity index (χ2v) is 6.69. The molecule has 1 atom stereocenters. The van der Waals surface area contributed by atoms with Crippen molar-refractivity contribution < 1.29 is 0 Å². The van der Waals surface area contributed by atoms with Crippen LogP contribution in [0.4, 0.5) is 5.69 Å². The second-order valence-electron chi connectivity index (χ2n) is 6.69. The average Bonchev–Trinajstić information content (AvgIpc) is 2.62. The normalized spacial score (nSPS) is 16.0. The third-order valence-electron chi connectivity index (χ3n) is 4.97. The summed E-state index contributed by atoms with van der Waals surface area (Å²) < 4.78 is 0. The zero-order chi connectivity index (χ0) is 16.8. The van der Waals surface area contributed by atoms with Crippen LogP contribution in [-0.2, 0) is 12.8 Å². The molecule has 0 heterocycles. The number of benzene rings is 2. The van der Waals surface area contributed by atoms with E-state index in [9.17, 15) is 0 Å². The first kappa shape index (κ1) is 22.6. The van der Waals surface area contributed by atoms with Crippen LogP contribution in [0.2, 0.25) is 0 Å². The van der Waals surface area contributed by atoms with Crippen molar-refractivity contribution in [2.24, 2.45) is 0 Å². The first-order valence-corrected chi connectivity index (χ1v) is 9.09. The first-order chi connectivity index (χ1) is 11.8. The van der Waals surface area contributed by atoms with E-state index < -0.39 is 0 Å². The van der Waals surface area contributed by atoms with Crippen LogP contribution in [0.5, 0.6) is 0 Å². The molecule has 1 aliphatic rings. The van der Waals surface area contributed by atoms with Gasteiger partial charge in [0, 0.05) is 18.3 Å². The molecule has 2 aromatic carbocycles. The Kier molecular flexibility index (Phi) is 9.79. The third kappa shape index (κ3) is 5.77. The number of hydrogen-bond donors (Lipinski definition) is 1. The van der Waals surface area contributed by atoms with Crippen LogP contribution in [-0.4, -0.2) is 24.0 Å². The summed E-state index contributed by atoms with van der Waals surface area (Å²) in [4.78, 5) is 2.63. The molecule has 0 amide bonds. The lowest BCUT2D eigenvalue weighted by Crippen LogP contribution is -2.40. The van der Waals surface area contributed by atoms with Gasteiger partial charge in [-0.2, -0.15) is 0 Å². The van der Waals surface area contributed by atoms with Gasteiger partial charge in [0.2, 0.25) is 0 Å². The van der Waals surface area contributed by atoms with Gasteiger partial charge in [-0.15, -0.1) is 24.8 Å². The predicted molar refractivity (Wildman–Crippen MR) is 119 cm³/mol. The van der Waals surface area contributed by atoms with Crippen molar-refractivity contribution in [2.75, 3.05) is 18.8 Å². The first-order valence-electron chi connectivity index (χ1n) is 9.09. The van der Waals surface area contributed by atoms with Crippen LogP contribution >= 0.6 is 24.8 Å². The molecule has 0 spiro atoms. The molecule has 0 saturated carbocycles. The summed E-state index contributed by atoms with van der Waals surface area (Å²) in [5.41, 5.74) is 11.2. The van der Waals surface area contributed by atoms with Gasteiger partial charge in [-0.1, -0.05) is 61.5 Å². The van der Waals surface area contributed by atoms with E-state index in [4.69, 9.17) is 5.73 Å². The summed E-state index contributed by atoms with van der Waals surface area (Å²) in [6.07, 6.45) is 9.17. The molecule has 1 aliphatic carbocycles. The van der Waals surface area contributed by atoms with Gasteiger partial charge in [-0.25, -0.2) is 0 Å². The molecule has 0 aliphatic heterocycles. The number of anilines is 1. The molecular weight excluding hydrogens is 363 g/mol. The molecule has 0 fully saturated rings. The smallest absolute Gasteiger partial charge is 0.0349 e. The van der Waals surface area contributed by atoms with Crippen molar-refractivity contribution in [3.05, 3.63) is 71.3 Å². The third-order valence-corrected chi connectivity index (χ3v) is 4.97. The Hall–Kier alpha value is -1.48. The van der Waals surface area contributed by atoms with E-state index in [1.165, 1.54) is 29.5 Å². The predicted octanol–water partition coefficient (Wildman–Crippen LogP) is 5.40. The summed E-state index contributed by atoms with van der Waals surface area (Å²) >= 11 is 0. The molecule has 0 radical (unpaired) electrons. The zero-order valence-electron chi connectivity index (χ0n) is 15.4. The van der Waals surface area contributed by atoms with Crippen molar-refractivity contribution >= 4 is 36.6 Å². The fourth-order valence-corrected chi connectivity index (χ4v) is 3.73. The van der Waals surface area contributed by atoms with Crippen molar-refractivity contribution in [2.45, 2.75) is 38.6 Å². The summed E-state index contributed by atoms with van der Waals surface area (Å²) in [7, 11) is 0. The van der Waals surface area contributed by atoms with E-state index in [0.717, 1.165) is 31.6 Å². The maximum atomic E-state index is 6.14. The summed E-state index contributed by atoms with van der Waals surface area (Å²) in [6.45, 7) is 4.44. The van der Waals surface area contributed by atoms with Gasteiger partial charge in [0.15, 0.2) is 0 Å². The molecule has 142 valence electrons. The van der Waals surface area contributed by atoms with Crippen LogP contribution in [0.1, 0.15) is 36.5 Å². The Balaban J connectivity index is 0.00000169. The van der Waals surface area contributed by atoms with Gasteiger partial charge in [0.05, 0.1) is 0 Å². The molecule has 2 aromatic rings. The van der Waals surface area contributed by atoms with Crippen molar-refractivity contribution in [3.8, 4) is 0 Å². The minimum atomic E-state index is 0. The van der Waals surface area contributed by atoms with E-state index in [0.29, 0.717) is 6.04 Å². The van der Waals surface area contributed by atoms with Gasteiger partial charge < -0.3 is 5.73 Å². The van der Waals surface area contributed by atoms with Crippen molar-refractivity contribution in [1.29, 1.82) is 0 Å². The van der Waals surface area contributed by atoms with Crippen LogP contribution in [0.3, 0.4) is 0 Å². The molecule has 3 rings (SSSR count). The lowest BCUT2D eigenvalue weighted by Gasteiger charge is -2.35. The Morgan fingerprint density at radius 2 is 1.85 bits per heavy atom. The highest BCUT2D eigenvalue weighted by Gasteiger charge is 2.24. The molecule has 2 N–H and O–H groups in total. The molecular formula is C22H30Cl2N2. The number of fused-ring (bicyclic) bond motifs is 1. The van der Waals surface area contributed by atoms with Crippen LogP contribution in [0.25, 0.3) is 6.08 Å². The largest absolute Gasteiger partial charge is 0.398 e. The fourth-order valence-electron chi connectivity index (χ4n) is 3.73. The van der Waals surface area contributed by atoms with Gasteiger partial charge >= 0.3 is 0 Å². The molecule has 1 unspecified atom stereocenters. The number of rotatable bonds is 6. The highest BCUT2D eigenvalue weighted by molar-refractivity contribution is 5.85. The number of nitrogens with two attached hydrogens (primary N) is 1. The molecule has 0 saturated heterocycles. The van der Waals surface area contributed by atoms with Crippen molar-refractivity contribution in [1.82, 2.24) is 4.90 Å². The minimum Gasteiger partial charge on any atom is -0.398 e. The molecule has 2 nitrogen and oxygen atoms in total. The van der Waals surface area contributed by atoms with E-state index in [-0.39, 0.29) is 24.8 Å².